The van der Waals surface area contributed by atoms with Crippen LogP contribution in [0, 0.1) is 0 Å². The molecule has 9 nitrogen and oxygen atoms in total. The number of hydrogen-bond acceptors (Lipinski definition) is 8. The Labute approximate surface area is 350 Å². The summed E-state index contributed by atoms with van der Waals surface area (Å²) >= 11 is 0. The van der Waals surface area contributed by atoms with Gasteiger partial charge in [-0.15, -0.1) is 0 Å². The molecule has 0 rings (SSSR count). The van der Waals surface area contributed by atoms with Gasteiger partial charge in [-0.1, -0.05) is 192 Å². The number of allylic oxidation sites excluding steroid dienone is 6. The van der Waals surface area contributed by atoms with Crippen LogP contribution in [0.15, 0.2) is 36.5 Å². The van der Waals surface area contributed by atoms with Gasteiger partial charge in [0.1, 0.15) is 12.2 Å². The predicted molar refractivity (Wildman–Crippen MR) is 237 cm³/mol. The van der Waals surface area contributed by atoms with Gasteiger partial charge in [0.2, 0.25) is 0 Å². The summed E-state index contributed by atoms with van der Waals surface area (Å²) < 4.78 is 33.4. The zero-order valence-corrected chi connectivity index (χ0v) is 37.7. The first kappa shape index (κ1) is 55.7. The van der Waals surface area contributed by atoms with Gasteiger partial charge in [0.25, 0.3) is 0 Å². The lowest BCUT2D eigenvalue weighted by Crippen LogP contribution is -2.29. The standard InChI is InChI=1S/C47H89O9P/c1-3-5-7-9-11-13-15-17-19-21-22-23-24-26-28-30-32-34-36-38-40-53-43-46(44-55-57(51,52)54-42-45(49)41-48)56-47(50)39-37-35-33-31-29-27-25-20-18-16-14-12-10-8-6-4-2/h11,13,17,19,22-23,45-46,48-49H,3-10,12,14-16,18,20-21,24-44H2,1-2H3,(H,51,52)/b13-11-,19-17-,23-22-. The van der Waals surface area contributed by atoms with Crippen molar-refractivity contribution >= 4 is 13.8 Å². The number of carbonyl (C=O) groups is 1. The molecule has 0 saturated heterocycles. The summed E-state index contributed by atoms with van der Waals surface area (Å²) in [6.07, 6.45) is 48.1. The second-order valence-electron chi connectivity index (χ2n) is 15.8. The highest BCUT2D eigenvalue weighted by molar-refractivity contribution is 7.47. The number of unbranched alkanes of at least 4 members (excludes halogenated alkanes) is 25. The van der Waals surface area contributed by atoms with Gasteiger partial charge in [0, 0.05) is 13.0 Å². The highest BCUT2D eigenvalue weighted by Crippen LogP contribution is 2.43. The number of esters is 1. The first-order valence-electron chi connectivity index (χ1n) is 23.5. The first-order valence-corrected chi connectivity index (χ1v) is 25.0. The fourth-order valence-electron chi connectivity index (χ4n) is 6.48. The normalized spacial score (nSPS) is 14.3. The van der Waals surface area contributed by atoms with E-state index in [4.69, 9.17) is 23.6 Å². The number of aliphatic hydroxyl groups excluding tert-OH is 2. The van der Waals surface area contributed by atoms with E-state index in [0.717, 1.165) is 57.8 Å². The molecule has 0 aliphatic heterocycles. The summed E-state index contributed by atoms with van der Waals surface area (Å²) in [5.74, 6) is -0.384. The Morgan fingerprint density at radius 2 is 0.947 bits per heavy atom. The molecule has 0 bridgehead atoms. The number of phosphoric ester groups is 1. The lowest BCUT2D eigenvalue weighted by atomic mass is 10.0. The minimum atomic E-state index is -4.52. The van der Waals surface area contributed by atoms with E-state index in [2.05, 4.69) is 50.3 Å². The van der Waals surface area contributed by atoms with Crippen LogP contribution < -0.4 is 0 Å². The third-order valence-corrected chi connectivity index (χ3v) is 11.0. The maximum Gasteiger partial charge on any atom is 0.472 e. The number of ether oxygens (including phenoxy) is 2. The number of rotatable bonds is 45. The van der Waals surface area contributed by atoms with E-state index >= 15 is 0 Å². The Morgan fingerprint density at radius 1 is 0.544 bits per heavy atom. The molecule has 0 fully saturated rings. The van der Waals surface area contributed by atoms with Gasteiger partial charge in [-0.25, -0.2) is 4.57 Å². The minimum absolute atomic E-state index is 0.0451. The second kappa shape index (κ2) is 44.2. The monoisotopic (exact) mass is 829 g/mol. The van der Waals surface area contributed by atoms with Crippen molar-refractivity contribution in [3.8, 4) is 0 Å². The zero-order chi connectivity index (χ0) is 41.8. The molecule has 3 unspecified atom stereocenters. The smallest absolute Gasteiger partial charge is 0.457 e. The quantitative estimate of drug-likeness (QED) is 0.0237. The Balaban J connectivity index is 4.13. The van der Waals surface area contributed by atoms with Gasteiger partial charge >= 0.3 is 13.8 Å². The molecule has 57 heavy (non-hydrogen) atoms. The van der Waals surface area contributed by atoms with E-state index in [1.165, 1.54) is 135 Å². The molecule has 0 radical (unpaired) electrons. The van der Waals surface area contributed by atoms with Gasteiger partial charge in [-0.2, -0.15) is 0 Å². The third-order valence-electron chi connectivity index (χ3n) is 10.1. The van der Waals surface area contributed by atoms with E-state index in [-0.39, 0.29) is 25.6 Å². The Hall–Kier alpha value is -1.32. The van der Waals surface area contributed by atoms with E-state index in [1.54, 1.807) is 0 Å². The second-order valence-corrected chi connectivity index (χ2v) is 17.2. The van der Waals surface area contributed by atoms with Crippen molar-refractivity contribution in [2.75, 3.05) is 33.0 Å². The van der Waals surface area contributed by atoms with Crippen molar-refractivity contribution in [1.29, 1.82) is 0 Å². The predicted octanol–water partition coefficient (Wildman–Crippen LogP) is 13.2. The largest absolute Gasteiger partial charge is 0.472 e. The number of aliphatic hydroxyl groups is 2. The molecule has 3 atom stereocenters. The van der Waals surface area contributed by atoms with Crippen LogP contribution in [0.1, 0.15) is 213 Å². The van der Waals surface area contributed by atoms with Gasteiger partial charge in [0.15, 0.2) is 0 Å². The Kier molecular flexibility index (Phi) is 43.2. The lowest BCUT2D eigenvalue weighted by molar-refractivity contribution is -0.154. The Morgan fingerprint density at radius 3 is 1.46 bits per heavy atom. The lowest BCUT2D eigenvalue weighted by Gasteiger charge is -2.20. The zero-order valence-electron chi connectivity index (χ0n) is 36.8. The fourth-order valence-corrected chi connectivity index (χ4v) is 7.27. The van der Waals surface area contributed by atoms with Crippen LogP contribution in [-0.2, 0) is 27.9 Å². The highest BCUT2D eigenvalue weighted by atomic mass is 31.2. The van der Waals surface area contributed by atoms with Crippen molar-refractivity contribution in [3.05, 3.63) is 36.5 Å². The molecule has 0 aromatic rings. The summed E-state index contributed by atoms with van der Waals surface area (Å²) in [5, 5.41) is 18.4. The Bertz CT molecular complexity index is 986. The molecule has 0 aliphatic carbocycles. The fraction of sp³-hybridized carbons (Fsp3) is 0.851. The molecular formula is C47H89O9P. The summed E-state index contributed by atoms with van der Waals surface area (Å²) in [6, 6.07) is 0. The van der Waals surface area contributed by atoms with Crippen LogP contribution in [0.3, 0.4) is 0 Å². The average molecular weight is 829 g/mol. The molecule has 3 N–H and O–H groups in total. The molecule has 0 heterocycles. The summed E-state index contributed by atoms with van der Waals surface area (Å²) in [6.45, 7) is 3.50. The molecule has 0 aliphatic rings. The maximum atomic E-state index is 12.6. The van der Waals surface area contributed by atoms with Crippen molar-refractivity contribution in [2.45, 2.75) is 225 Å². The van der Waals surface area contributed by atoms with Crippen molar-refractivity contribution in [3.63, 3.8) is 0 Å². The molecule has 0 aromatic heterocycles. The summed E-state index contributed by atoms with van der Waals surface area (Å²) in [7, 11) is -4.52. The first-order chi connectivity index (χ1) is 27.8. The number of carbonyl (C=O) groups excluding carboxylic acids is 1. The molecule has 0 aromatic carbocycles. The summed E-state index contributed by atoms with van der Waals surface area (Å²) in [5.41, 5.74) is 0. The highest BCUT2D eigenvalue weighted by Gasteiger charge is 2.26. The van der Waals surface area contributed by atoms with Crippen molar-refractivity contribution in [2.24, 2.45) is 0 Å². The van der Waals surface area contributed by atoms with Crippen LogP contribution >= 0.6 is 7.82 Å². The van der Waals surface area contributed by atoms with Crippen LogP contribution in [0.5, 0.6) is 0 Å². The molecular weight excluding hydrogens is 739 g/mol. The SMILES string of the molecule is CCCCC/C=C\C/C=C\C/C=C\CCCCCCCCCOCC(COP(=O)(O)OCC(O)CO)OC(=O)CCCCCCCCCCCCCCCCCC. The van der Waals surface area contributed by atoms with Gasteiger partial charge < -0.3 is 24.6 Å². The maximum absolute atomic E-state index is 12.6. The third kappa shape index (κ3) is 44.1. The van der Waals surface area contributed by atoms with Gasteiger partial charge in [0.05, 0.1) is 26.4 Å². The summed E-state index contributed by atoms with van der Waals surface area (Å²) in [4.78, 5) is 22.6. The molecule has 0 spiro atoms. The topological polar surface area (TPSA) is 132 Å². The average Bonchev–Trinajstić information content (AvgIpc) is 3.20. The minimum Gasteiger partial charge on any atom is -0.457 e. The molecule has 10 heteroatoms. The molecule has 336 valence electrons. The number of phosphoric acid groups is 1. The van der Waals surface area contributed by atoms with E-state index < -0.39 is 33.2 Å². The van der Waals surface area contributed by atoms with E-state index in [9.17, 15) is 19.4 Å². The van der Waals surface area contributed by atoms with Crippen molar-refractivity contribution < 1.29 is 43.0 Å². The van der Waals surface area contributed by atoms with Crippen LogP contribution in [0.4, 0.5) is 0 Å². The van der Waals surface area contributed by atoms with Crippen LogP contribution in [0.25, 0.3) is 0 Å². The van der Waals surface area contributed by atoms with E-state index in [0.29, 0.717) is 6.61 Å². The number of hydrogen-bond donors (Lipinski definition) is 3. The van der Waals surface area contributed by atoms with Crippen molar-refractivity contribution in [1.82, 2.24) is 0 Å². The van der Waals surface area contributed by atoms with Gasteiger partial charge in [-0.05, 0) is 51.4 Å². The molecule has 0 amide bonds. The van der Waals surface area contributed by atoms with Crippen LogP contribution in [0.2, 0.25) is 0 Å². The van der Waals surface area contributed by atoms with Gasteiger partial charge in [-0.3, -0.25) is 13.8 Å². The van der Waals surface area contributed by atoms with Crippen LogP contribution in [-0.4, -0.2) is 66.3 Å². The van der Waals surface area contributed by atoms with E-state index in [1.807, 2.05) is 0 Å². The molecule has 0 saturated carbocycles.